The molecule has 7 nitrogen and oxygen atoms in total. The molecule has 8 heteroatoms. The quantitative estimate of drug-likeness (QED) is 0.235. The van der Waals surface area contributed by atoms with Gasteiger partial charge in [-0.25, -0.2) is 13.9 Å². The molecule has 1 aliphatic rings. The molecule has 1 saturated carbocycles. The van der Waals surface area contributed by atoms with E-state index in [4.69, 9.17) is 16.2 Å². The third-order valence-electron chi connectivity index (χ3n) is 7.16. The van der Waals surface area contributed by atoms with Crippen molar-refractivity contribution in [2.75, 3.05) is 12.4 Å². The average Bonchev–Trinajstić information content (AvgIpc) is 3.50. The summed E-state index contributed by atoms with van der Waals surface area (Å²) in [5.74, 6) is 0.724. The summed E-state index contributed by atoms with van der Waals surface area (Å²) in [7, 11) is 1.66. The SMILES string of the molecule is CCc1ccc(F)cc1N=C(N)c1cnn2cc(-c3cc(OC)ccc3C)cc2c1N[C@@H]1CC[C@H](N)C1. The standard InChI is InChI=1S/C29H33FN6O/c1-4-18-6-7-20(30)12-26(18)35-29(32)25-15-33-36-16-19(24-14-23(37-3)10-5-17(24)2)11-27(36)28(25)34-22-9-8-21(31)13-22/h5-7,10-12,14-16,21-22,34H,4,8-9,13,31H2,1-3H3,(H2,32,35)/t21-,22+/m0/s1. The van der Waals surface area contributed by atoms with Crippen LogP contribution in [0.4, 0.5) is 15.8 Å². The van der Waals surface area contributed by atoms with E-state index in [9.17, 15) is 4.39 Å². The van der Waals surface area contributed by atoms with E-state index in [-0.39, 0.29) is 23.7 Å². The Morgan fingerprint density at radius 3 is 2.78 bits per heavy atom. The number of benzene rings is 2. The highest BCUT2D eigenvalue weighted by atomic mass is 19.1. The van der Waals surface area contributed by atoms with Gasteiger partial charge in [0.15, 0.2) is 0 Å². The van der Waals surface area contributed by atoms with Crippen LogP contribution in [0, 0.1) is 12.7 Å². The van der Waals surface area contributed by atoms with Gasteiger partial charge in [-0.15, -0.1) is 0 Å². The molecule has 2 atom stereocenters. The van der Waals surface area contributed by atoms with Crippen LogP contribution in [-0.2, 0) is 6.42 Å². The number of amidine groups is 1. The highest BCUT2D eigenvalue weighted by Crippen LogP contribution is 2.34. The Labute approximate surface area is 216 Å². The molecule has 5 N–H and O–H groups in total. The molecule has 0 saturated heterocycles. The smallest absolute Gasteiger partial charge is 0.135 e. The number of halogens is 1. The molecule has 0 radical (unpaired) electrons. The lowest BCUT2D eigenvalue weighted by atomic mass is 10.0. The highest BCUT2D eigenvalue weighted by Gasteiger charge is 2.24. The minimum absolute atomic E-state index is 0.172. The molecular weight excluding hydrogens is 467 g/mol. The van der Waals surface area contributed by atoms with Crippen LogP contribution in [0.25, 0.3) is 16.6 Å². The van der Waals surface area contributed by atoms with E-state index in [1.54, 1.807) is 19.4 Å². The van der Waals surface area contributed by atoms with E-state index >= 15 is 0 Å². The number of aliphatic imine (C=N–C) groups is 1. The van der Waals surface area contributed by atoms with Crippen molar-refractivity contribution in [1.82, 2.24) is 9.61 Å². The molecule has 37 heavy (non-hydrogen) atoms. The molecule has 2 aromatic carbocycles. The fourth-order valence-corrected chi connectivity index (χ4v) is 5.07. The number of aryl methyl sites for hydroxylation is 2. The Bertz CT molecular complexity index is 1480. The lowest BCUT2D eigenvalue weighted by Gasteiger charge is -2.18. The van der Waals surface area contributed by atoms with Crippen LogP contribution >= 0.6 is 0 Å². The number of hydrogen-bond acceptors (Lipinski definition) is 5. The maximum atomic E-state index is 14.0. The number of nitrogens with one attached hydrogen (secondary N) is 1. The van der Waals surface area contributed by atoms with E-state index in [1.807, 2.05) is 35.8 Å². The van der Waals surface area contributed by atoms with Gasteiger partial charge in [0.1, 0.15) is 17.4 Å². The molecule has 4 aromatic rings. The molecule has 1 fully saturated rings. The number of ether oxygens (including phenoxy) is 1. The number of nitrogens with two attached hydrogens (primary N) is 2. The molecule has 1 aliphatic carbocycles. The predicted molar refractivity (Wildman–Crippen MR) is 147 cm³/mol. The molecule has 0 spiro atoms. The second-order valence-electron chi connectivity index (χ2n) is 9.71. The normalized spacial score (nSPS) is 17.9. The summed E-state index contributed by atoms with van der Waals surface area (Å²) in [6.45, 7) is 4.08. The van der Waals surface area contributed by atoms with Gasteiger partial charge in [0.05, 0.1) is 35.8 Å². The van der Waals surface area contributed by atoms with Gasteiger partial charge in [-0.1, -0.05) is 19.1 Å². The largest absolute Gasteiger partial charge is 0.497 e. The van der Waals surface area contributed by atoms with Crippen LogP contribution < -0.4 is 21.5 Å². The Morgan fingerprint density at radius 1 is 1.22 bits per heavy atom. The maximum absolute atomic E-state index is 14.0. The molecule has 0 bridgehead atoms. The van der Waals surface area contributed by atoms with Crippen LogP contribution in [0.2, 0.25) is 0 Å². The van der Waals surface area contributed by atoms with Gasteiger partial charge >= 0.3 is 0 Å². The first-order chi connectivity index (χ1) is 17.9. The van der Waals surface area contributed by atoms with Crippen LogP contribution in [0.5, 0.6) is 5.75 Å². The van der Waals surface area contributed by atoms with Crippen LogP contribution in [0.3, 0.4) is 0 Å². The number of fused-ring (bicyclic) bond motifs is 1. The van der Waals surface area contributed by atoms with Crippen molar-refractivity contribution in [3.63, 3.8) is 0 Å². The Morgan fingerprint density at radius 2 is 2.05 bits per heavy atom. The number of nitrogens with zero attached hydrogens (tertiary/aromatic N) is 3. The number of methoxy groups -OCH3 is 1. The van der Waals surface area contributed by atoms with Crippen molar-refractivity contribution >= 4 is 22.7 Å². The topological polar surface area (TPSA) is 103 Å². The monoisotopic (exact) mass is 500 g/mol. The number of hydrogen-bond donors (Lipinski definition) is 3. The fourth-order valence-electron chi connectivity index (χ4n) is 5.07. The summed E-state index contributed by atoms with van der Waals surface area (Å²) in [6.07, 6.45) is 7.25. The van der Waals surface area contributed by atoms with E-state index in [1.165, 1.54) is 12.1 Å². The van der Waals surface area contributed by atoms with Gasteiger partial charge in [0.25, 0.3) is 0 Å². The predicted octanol–water partition coefficient (Wildman–Crippen LogP) is 5.35. The zero-order valence-electron chi connectivity index (χ0n) is 21.5. The van der Waals surface area contributed by atoms with Crippen LogP contribution in [0.1, 0.15) is 42.9 Å². The van der Waals surface area contributed by atoms with Crippen molar-refractivity contribution in [2.24, 2.45) is 16.5 Å². The summed E-state index contributed by atoms with van der Waals surface area (Å²) < 4.78 is 21.3. The van der Waals surface area contributed by atoms with Crippen LogP contribution in [0.15, 0.2) is 59.9 Å². The zero-order valence-corrected chi connectivity index (χ0v) is 21.5. The average molecular weight is 501 g/mol. The summed E-state index contributed by atoms with van der Waals surface area (Å²) in [4.78, 5) is 4.64. The summed E-state index contributed by atoms with van der Waals surface area (Å²) in [5.41, 5.74) is 19.8. The molecule has 0 unspecified atom stereocenters. The van der Waals surface area contributed by atoms with Crippen molar-refractivity contribution in [3.8, 4) is 16.9 Å². The first-order valence-electron chi connectivity index (χ1n) is 12.7. The van der Waals surface area contributed by atoms with Crippen molar-refractivity contribution in [2.45, 2.75) is 51.6 Å². The molecule has 192 valence electrons. The van der Waals surface area contributed by atoms with E-state index in [2.05, 4.69) is 28.4 Å². The Balaban J connectivity index is 1.65. The molecule has 0 aliphatic heterocycles. The van der Waals surface area contributed by atoms with Gasteiger partial charge in [0.2, 0.25) is 0 Å². The summed E-state index contributed by atoms with van der Waals surface area (Å²) in [6, 6.07) is 13.1. The summed E-state index contributed by atoms with van der Waals surface area (Å²) in [5, 5.41) is 8.35. The van der Waals surface area contributed by atoms with Crippen molar-refractivity contribution in [3.05, 3.63) is 77.4 Å². The molecule has 2 aromatic heterocycles. The third-order valence-corrected chi connectivity index (χ3v) is 7.16. The van der Waals surface area contributed by atoms with Gasteiger partial charge in [-0.05, 0) is 79.6 Å². The maximum Gasteiger partial charge on any atom is 0.135 e. The summed E-state index contributed by atoms with van der Waals surface area (Å²) >= 11 is 0. The van der Waals surface area contributed by atoms with E-state index in [0.29, 0.717) is 11.3 Å². The molecule has 5 rings (SSSR count). The highest BCUT2D eigenvalue weighted by molar-refractivity contribution is 6.06. The van der Waals surface area contributed by atoms with Gasteiger partial charge < -0.3 is 21.5 Å². The van der Waals surface area contributed by atoms with Gasteiger partial charge in [-0.3, -0.25) is 0 Å². The zero-order chi connectivity index (χ0) is 26.1. The second kappa shape index (κ2) is 10.2. The Hall–Kier alpha value is -3.91. The fraction of sp³-hybridized carbons (Fsp3) is 0.310. The first-order valence-corrected chi connectivity index (χ1v) is 12.7. The van der Waals surface area contributed by atoms with Crippen molar-refractivity contribution in [1.29, 1.82) is 0 Å². The third kappa shape index (κ3) is 5.02. The van der Waals surface area contributed by atoms with Gasteiger partial charge in [0, 0.05) is 23.8 Å². The number of rotatable bonds is 7. The molecular formula is C29H33FN6O. The first kappa shape index (κ1) is 24.8. The lowest BCUT2D eigenvalue weighted by Crippen LogP contribution is -2.24. The Kier molecular flexibility index (Phi) is 6.84. The minimum atomic E-state index is -0.347. The molecule has 2 heterocycles. The van der Waals surface area contributed by atoms with E-state index in [0.717, 1.165) is 64.9 Å². The lowest BCUT2D eigenvalue weighted by molar-refractivity contribution is 0.415. The number of anilines is 1. The second-order valence-corrected chi connectivity index (χ2v) is 9.71. The minimum Gasteiger partial charge on any atom is -0.497 e. The molecule has 0 amide bonds. The number of aromatic nitrogens is 2. The van der Waals surface area contributed by atoms with Crippen LogP contribution in [-0.4, -0.2) is 34.6 Å². The van der Waals surface area contributed by atoms with E-state index < -0.39 is 0 Å². The van der Waals surface area contributed by atoms with Crippen molar-refractivity contribution < 1.29 is 9.13 Å². The van der Waals surface area contributed by atoms with Gasteiger partial charge in [-0.2, -0.15) is 5.10 Å².